The first kappa shape index (κ1) is 19.3. The molecular formula is C20H21N3O5. The van der Waals surface area contributed by atoms with Crippen LogP contribution in [0.2, 0.25) is 0 Å². The SMILES string of the molecule is Cc1ccc2oc(C(=O)O[C@@H](C)C(=O)Nc3c(C)nn(C)c3C)cc(=O)c2c1. The molecule has 0 saturated carbocycles. The summed E-state index contributed by atoms with van der Waals surface area (Å²) in [6, 6.07) is 6.15. The quantitative estimate of drug-likeness (QED) is 0.695. The molecule has 0 aliphatic heterocycles. The van der Waals surface area contributed by atoms with E-state index in [4.69, 9.17) is 9.15 Å². The predicted octanol–water partition coefficient (Wildman–Crippen LogP) is 2.64. The van der Waals surface area contributed by atoms with Gasteiger partial charge in [0, 0.05) is 13.1 Å². The van der Waals surface area contributed by atoms with Crippen LogP contribution < -0.4 is 10.7 Å². The van der Waals surface area contributed by atoms with Crippen LogP contribution in [0, 0.1) is 20.8 Å². The van der Waals surface area contributed by atoms with Crippen molar-refractivity contribution < 1.29 is 18.7 Å². The van der Waals surface area contributed by atoms with Gasteiger partial charge in [0.2, 0.25) is 5.76 Å². The number of fused-ring (bicyclic) bond motifs is 1. The molecule has 1 amide bonds. The molecule has 0 saturated heterocycles. The fourth-order valence-corrected chi connectivity index (χ4v) is 2.82. The number of nitrogens with one attached hydrogen (secondary N) is 1. The highest BCUT2D eigenvalue weighted by Gasteiger charge is 2.23. The van der Waals surface area contributed by atoms with Crippen LogP contribution in [0.3, 0.4) is 0 Å². The van der Waals surface area contributed by atoms with Crippen molar-refractivity contribution in [3.63, 3.8) is 0 Å². The number of anilines is 1. The number of rotatable bonds is 4. The number of amides is 1. The summed E-state index contributed by atoms with van der Waals surface area (Å²) < 4.78 is 12.3. The monoisotopic (exact) mass is 383 g/mol. The average molecular weight is 383 g/mol. The third-order valence-corrected chi connectivity index (χ3v) is 4.49. The van der Waals surface area contributed by atoms with Crippen molar-refractivity contribution in [3.8, 4) is 0 Å². The Kier molecular flexibility index (Phi) is 5.04. The molecule has 0 bridgehead atoms. The van der Waals surface area contributed by atoms with Gasteiger partial charge >= 0.3 is 5.97 Å². The molecule has 3 rings (SSSR count). The number of benzene rings is 1. The maximum Gasteiger partial charge on any atom is 0.375 e. The van der Waals surface area contributed by atoms with Gasteiger partial charge in [0.1, 0.15) is 5.58 Å². The maximum absolute atomic E-state index is 12.4. The maximum atomic E-state index is 12.4. The molecule has 0 aliphatic carbocycles. The fourth-order valence-electron chi connectivity index (χ4n) is 2.82. The molecule has 0 radical (unpaired) electrons. The second kappa shape index (κ2) is 7.30. The first-order valence-electron chi connectivity index (χ1n) is 8.74. The molecule has 3 aromatic rings. The van der Waals surface area contributed by atoms with Crippen LogP contribution in [-0.2, 0) is 16.6 Å². The van der Waals surface area contributed by atoms with E-state index in [1.165, 1.54) is 6.92 Å². The molecule has 1 N–H and O–H groups in total. The third kappa shape index (κ3) is 3.66. The summed E-state index contributed by atoms with van der Waals surface area (Å²) in [5.41, 5.74) is 2.84. The largest absolute Gasteiger partial charge is 0.449 e. The molecule has 8 heteroatoms. The van der Waals surface area contributed by atoms with E-state index in [1.54, 1.807) is 36.9 Å². The zero-order valence-electron chi connectivity index (χ0n) is 16.3. The number of aryl methyl sites for hydroxylation is 3. The van der Waals surface area contributed by atoms with Crippen molar-refractivity contribution >= 4 is 28.5 Å². The van der Waals surface area contributed by atoms with Crippen LogP contribution in [0.1, 0.15) is 34.4 Å². The van der Waals surface area contributed by atoms with Gasteiger partial charge in [0.15, 0.2) is 11.5 Å². The number of carbonyl (C=O) groups is 2. The third-order valence-electron chi connectivity index (χ3n) is 4.49. The van der Waals surface area contributed by atoms with E-state index < -0.39 is 18.0 Å². The molecule has 146 valence electrons. The Labute approximate surface area is 161 Å². The lowest BCUT2D eigenvalue weighted by molar-refractivity contribution is -0.123. The Morgan fingerprint density at radius 2 is 1.93 bits per heavy atom. The van der Waals surface area contributed by atoms with Crippen molar-refractivity contribution in [3.05, 3.63) is 57.2 Å². The lowest BCUT2D eigenvalue weighted by atomic mass is 10.1. The summed E-state index contributed by atoms with van der Waals surface area (Å²) in [4.78, 5) is 37.0. The van der Waals surface area contributed by atoms with E-state index in [2.05, 4.69) is 10.4 Å². The van der Waals surface area contributed by atoms with Crippen LogP contribution in [0.25, 0.3) is 11.0 Å². The fraction of sp³-hybridized carbons (Fsp3) is 0.300. The Bertz CT molecular complexity index is 1140. The van der Waals surface area contributed by atoms with Crippen molar-refractivity contribution in [1.29, 1.82) is 0 Å². The number of hydrogen-bond acceptors (Lipinski definition) is 6. The van der Waals surface area contributed by atoms with E-state index in [0.29, 0.717) is 16.8 Å². The lowest BCUT2D eigenvalue weighted by Crippen LogP contribution is -2.30. The molecule has 1 aromatic carbocycles. The Morgan fingerprint density at radius 3 is 2.57 bits per heavy atom. The van der Waals surface area contributed by atoms with Gasteiger partial charge in [-0.25, -0.2) is 4.79 Å². The summed E-state index contributed by atoms with van der Waals surface area (Å²) in [5, 5.41) is 7.31. The van der Waals surface area contributed by atoms with Crippen LogP contribution in [0.4, 0.5) is 5.69 Å². The molecule has 0 unspecified atom stereocenters. The van der Waals surface area contributed by atoms with Gasteiger partial charge in [-0.3, -0.25) is 14.3 Å². The van der Waals surface area contributed by atoms with Gasteiger partial charge in [-0.2, -0.15) is 5.10 Å². The number of hydrogen-bond donors (Lipinski definition) is 1. The predicted molar refractivity (Wildman–Crippen MR) is 103 cm³/mol. The van der Waals surface area contributed by atoms with E-state index in [9.17, 15) is 14.4 Å². The van der Waals surface area contributed by atoms with Crippen LogP contribution in [-0.4, -0.2) is 27.8 Å². The standard InChI is InChI=1S/C20H21N3O5/c1-10-6-7-16-14(8-10)15(24)9-17(28-16)20(26)27-13(4)19(25)21-18-11(2)22-23(5)12(18)3/h6-9,13H,1-5H3,(H,21,25)/t13-/m0/s1. The molecular weight excluding hydrogens is 362 g/mol. The summed E-state index contributed by atoms with van der Waals surface area (Å²) in [6.07, 6.45) is -1.09. The second-order valence-corrected chi connectivity index (χ2v) is 6.68. The molecule has 8 nitrogen and oxygen atoms in total. The van der Waals surface area contributed by atoms with Crippen LogP contribution in [0.15, 0.2) is 33.5 Å². The minimum absolute atomic E-state index is 0.255. The normalized spacial score (nSPS) is 12.0. The van der Waals surface area contributed by atoms with Crippen LogP contribution >= 0.6 is 0 Å². The number of ether oxygens (including phenoxy) is 1. The van der Waals surface area contributed by atoms with Gasteiger partial charge in [0.05, 0.1) is 22.5 Å². The minimum atomic E-state index is -1.09. The van der Waals surface area contributed by atoms with Gasteiger partial charge in [-0.15, -0.1) is 0 Å². The first-order valence-corrected chi connectivity index (χ1v) is 8.74. The Balaban J connectivity index is 1.76. The first-order chi connectivity index (χ1) is 13.2. The van der Waals surface area contributed by atoms with Crippen molar-refractivity contribution in [1.82, 2.24) is 9.78 Å². The topological polar surface area (TPSA) is 103 Å². The summed E-state index contributed by atoms with van der Waals surface area (Å²) >= 11 is 0. The van der Waals surface area contributed by atoms with E-state index in [0.717, 1.165) is 17.3 Å². The smallest absolute Gasteiger partial charge is 0.375 e. The number of esters is 1. The zero-order chi connectivity index (χ0) is 20.6. The second-order valence-electron chi connectivity index (χ2n) is 6.68. The number of carbonyl (C=O) groups excluding carboxylic acids is 2. The van der Waals surface area contributed by atoms with Gasteiger partial charge < -0.3 is 14.5 Å². The number of nitrogens with zero attached hydrogens (tertiary/aromatic N) is 2. The molecule has 28 heavy (non-hydrogen) atoms. The van der Waals surface area contributed by atoms with E-state index >= 15 is 0 Å². The summed E-state index contributed by atoms with van der Waals surface area (Å²) in [5.74, 6) is -1.65. The number of aromatic nitrogens is 2. The molecule has 1 atom stereocenters. The molecule has 2 heterocycles. The van der Waals surface area contributed by atoms with Gasteiger partial charge in [-0.05, 0) is 39.8 Å². The molecule has 0 fully saturated rings. The highest BCUT2D eigenvalue weighted by molar-refractivity contribution is 5.97. The van der Waals surface area contributed by atoms with Crippen molar-refractivity contribution in [2.75, 3.05) is 5.32 Å². The van der Waals surface area contributed by atoms with Crippen molar-refractivity contribution in [2.45, 2.75) is 33.8 Å². The average Bonchev–Trinajstić information content (AvgIpc) is 2.88. The molecule has 2 aromatic heterocycles. The van der Waals surface area contributed by atoms with Crippen molar-refractivity contribution in [2.24, 2.45) is 7.05 Å². The van der Waals surface area contributed by atoms with Crippen LogP contribution in [0.5, 0.6) is 0 Å². The molecule has 0 aliphatic rings. The lowest BCUT2D eigenvalue weighted by Gasteiger charge is -2.13. The minimum Gasteiger partial charge on any atom is -0.449 e. The summed E-state index contributed by atoms with van der Waals surface area (Å²) in [7, 11) is 1.77. The van der Waals surface area contributed by atoms with Gasteiger partial charge in [0.25, 0.3) is 5.91 Å². The highest BCUT2D eigenvalue weighted by atomic mass is 16.6. The highest BCUT2D eigenvalue weighted by Crippen LogP contribution is 2.19. The van der Waals surface area contributed by atoms with E-state index in [1.807, 2.05) is 13.8 Å². The Morgan fingerprint density at radius 1 is 1.21 bits per heavy atom. The Hall–Kier alpha value is -3.42. The van der Waals surface area contributed by atoms with E-state index in [-0.39, 0.29) is 16.8 Å². The molecule has 0 spiro atoms. The zero-order valence-corrected chi connectivity index (χ0v) is 16.3. The summed E-state index contributed by atoms with van der Waals surface area (Å²) in [6.45, 7) is 6.88. The van der Waals surface area contributed by atoms with Gasteiger partial charge in [-0.1, -0.05) is 11.6 Å².